The van der Waals surface area contributed by atoms with Gasteiger partial charge in [0.05, 0.1) is 6.61 Å². The van der Waals surface area contributed by atoms with Crippen molar-refractivity contribution in [3.63, 3.8) is 0 Å². The van der Waals surface area contributed by atoms with E-state index >= 15 is 0 Å². The number of aryl methyl sites for hydroxylation is 1. The number of carbonyl (C=O) groups is 1. The average molecular weight is 225 g/mol. The maximum absolute atomic E-state index is 11.8. The van der Waals surface area contributed by atoms with Crippen molar-refractivity contribution in [3.8, 4) is 0 Å². The van der Waals surface area contributed by atoms with Gasteiger partial charge in [0, 0.05) is 18.7 Å². The summed E-state index contributed by atoms with van der Waals surface area (Å²) in [6.45, 7) is 2.09. The van der Waals surface area contributed by atoms with Gasteiger partial charge in [-0.15, -0.1) is 0 Å². The second kappa shape index (κ2) is 4.52. The Morgan fingerprint density at radius 2 is 2.50 bits per heavy atom. The lowest BCUT2D eigenvalue weighted by atomic mass is 10.4. The van der Waals surface area contributed by atoms with E-state index in [-0.39, 0.29) is 18.7 Å². The normalized spacial score (nSPS) is 14.9. The third-order valence-corrected chi connectivity index (χ3v) is 2.45. The van der Waals surface area contributed by atoms with E-state index in [1.807, 2.05) is 0 Å². The number of urea groups is 1. The lowest BCUT2D eigenvalue weighted by molar-refractivity contribution is 0.185. The summed E-state index contributed by atoms with van der Waals surface area (Å²) in [5, 5.41) is 15.2. The highest BCUT2D eigenvalue weighted by Crippen LogP contribution is 2.27. The summed E-state index contributed by atoms with van der Waals surface area (Å²) in [4.78, 5) is 13.4. The molecule has 6 heteroatoms. The van der Waals surface area contributed by atoms with E-state index in [0.717, 1.165) is 12.8 Å². The lowest BCUT2D eigenvalue weighted by Gasteiger charge is -2.20. The predicted molar refractivity (Wildman–Crippen MR) is 57.1 cm³/mol. The summed E-state index contributed by atoms with van der Waals surface area (Å²) >= 11 is 0. The van der Waals surface area contributed by atoms with Gasteiger partial charge < -0.3 is 14.5 Å². The van der Waals surface area contributed by atoms with Crippen LogP contribution in [-0.4, -0.2) is 40.4 Å². The number of nitrogens with one attached hydrogen (secondary N) is 1. The second-order valence-electron chi connectivity index (χ2n) is 3.90. The molecular weight excluding hydrogens is 210 g/mol. The van der Waals surface area contributed by atoms with E-state index in [0.29, 0.717) is 18.1 Å². The van der Waals surface area contributed by atoms with Crippen LogP contribution in [0, 0.1) is 6.92 Å². The molecule has 1 fully saturated rings. The Hall–Kier alpha value is -1.56. The van der Waals surface area contributed by atoms with E-state index in [9.17, 15) is 4.79 Å². The van der Waals surface area contributed by atoms with Crippen LogP contribution in [0.5, 0.6) is 0 Å². The molecule has 1 aliphatic carbocycles. The van der Waals surface area contributed by atoms with Crippen LogP contribution in [0.1, 0.15) is 18.6 Å². The Kier molecular flexibility index (Phi) is 3.09. The highest BCUT2D eigenvalue weighted by Gasteiger charge is 2.32. The minimum atomic E-state index is -0.232. The molecule has 0 spiro atoms. The molecular formula is C10H15N3O3. The number of anilines is 1. The molecule has 0 unspecified atom stereocenters. The number of aliphatic hydroxyl groups is 1. The highest BCUT2D eigenvalue weighted by molar-refractivity contribution is 5.88. The highest BCUT2D eigenvalue weighted by atomic mass is 16.5. The van der Waals surface area contributed by atoms with Gasteiger partial charge in [0.1, 0.15) is 5.76 Å². The molecule has 0 bridgehead atoms. The lowest BCUT2D eigenvalue weighted by Crippen LogP contribution is -2.38. The average Bonchev–Trinajstić information content (AvgIpc) is 3.00. The van der Waals surface area contributed by atoms with E-state index in [2.05, 4.69) is 10.5 Å². The fraction of sp³-hybridized carbons (Fsp3) is 0.600. The number of nitrogens with zero attached hydrogens (tertiary/aromatic N) is 2. The van der Waals surface area contributed by atoms with Gasteiger partial charge in [-0.2, -0.15) is 0 Å². The van der Waals surface area contributed by atoms with Crippen LogP contribution < -0.4 is 5.32 Å². The van der Waals surface area contributed by atoms with Crippen molar-refractivity contribution in [1.82, 2.24) is 10.1 Å². The zero-order chi connectivity index (χ0) is 11.5. The molecule has 2 amide bonds. The molecule has 16 heavy (non-hydrogen) atoms. The molecule has 88 valence electrons. The van der Waals surface area contributed by atoms with Gasteiger partial charge in [-0.05, 0) is 19.8 Å². The third-order valence-electron chi connectivity index (χ3n) is 2.45. The molecule has 2 rings (SSSR count). The van der Waals surface area contributed by atoms with Gasteiger partial charge >= 0.3 is 6.03 Å². The first kappa shape index (κ1) is 10.9. The first-order valence-electron chi connectivity index (χ1n) is 5.32. The molecule has 1 aromatic rings. The number of carbonyl (C=O) groups excluding carboxylic acids is 1. The van der Waals surface area contributed by atoms with Crippen LogP contribution in [0.15, 0.2) is 10.6 Å². The van der Waals surface area contributed by atoms with Crippen molar-refractivity contribution in [1.29, 1.82) is 0 Å². The van der Waals surface area contributed by atoms with Crippen LogP contribution in [0.2, 0.25) is 0 Å². The minimum Gasteiger partial charge on any atom is -0.395 e. The standard InChI is InChI=1S/C10H15N3O3/c1-7-6-9(12-16-7)11-10(15)13(4-5-14)8-2-3-8/h6,8,14H,2-5H2,1H3,(H,11,12,15). The quantitative estimate of drug-likeness (QED) is 0.800. The minimum absolute atomic E-state index is 0.0260. The molecule has 6 nitrogen and oxygen atoms in total. The van der Waals surface area contributed by atoms with Crippen LogP contribution >= 0.6 is 0 Å². The van der Waals surface area contributed by atoms with Crippen molar-refractivity contribution in [2.45, 2.75) is 25.8 Å². The molecule has 1 heterocycles. The summed E-state index contributed by atoms with van der Waals surface area (Å²) in [6, 6.07) is 1.69. The molecule has 1 aliphatic rings. The van der Waals surface area contributed by atoms with Gasteiger partial charge in [-0.25, -0.2) is 4.79 Å². The zero-order valence-electron chi connectivity index (χ0n) is 9.14. The molecule has 0 aromatic carbocycles. The van der Waals surface area contributed by atoms with Gasteiger partial charge in [-0.1, -0.05) is 5.16 Å². The monoisotopic (exact) mass is 225 g/mol. The van der Waals surface area contributed by atoms with E-state index in [4.69, 9.17) is 9.63 Å². The van der Waals surface area contributed by atoms with E-state index < -0.39 is 0 Å². The van der Waals surface area contributed by atoms with Crippen LogP contribution in [0.3, 0.4) is 0 Å². The molecule has 0 saturated heterocycles. The summed E-state index contributed by atoms with van der Waals surface area (Å²) in [5.74, 6) is 1.06. The Morgan fingerprint density at radius 1 is 1.75 bits per heavy atom. The van der Waals surface area contributed by atoms with Crippen LogP contribution in [-0.2, 0) is 0 Å². The molecule has 0 aliphatic heterocycles. The fourth-order valence-corrected chi connectivity index (χ4v) is 1.55. The number of hydrogen-bond donors (Lipinski definition) is 2. The Labute approximate surface area is 93.2 Å². The number of hydrogen-bond acceptors (Lipinski definition) is 4. The van der Waals surface area contributed by atoms with Crippen LogP contribution in [0.4, 0.5) is 10.6 Å². The molecule has 1 saturated carbocycles. The number of aliphatic hydroxyl groups excluding tert-OH is 1. The molecule has 0 radical (unpaired) electrons. The van der Waals surface area contributed by atoms with E-state index in [1.54, 1.807) is 17.9 Å². The molecule has 0 atom stereocenters. The number of amides is 2. The Balaban J connectivity index is 1.94. The Morgan fingerprint density at radius 3 is 3.00 bits per heavy atom. The summed E-state index contributed by atoms with van der Waals surface area (Å²) in [6.07, 6.45) is 2.01. The number of rotatable bonds is 4. The maximum Gasteiger partial charge on any atom is 0.323 e. The first-order chi connectivity index (χ1) is 7.70. The zero-order valence-corrected chi connectivity index (χ0v) is 9.14. The smallest absolute Gasteiger partial charge is 0.323 e. The van der Waals surface area contributed by atoms with Crippen LogP contribution in [0.25, 0.3) is 0 Å². The largest absolute Gasteiger partial charge is 0.395 e. The number of aromatic nitrogens is 1. The topological polar surface area (TPSA) is 78.6 Å². The van der Waals surface area contributed by atoms with E-state index in [1.165, 1.54) is 0 Å². The van der Waals surface area contributed by atoms with Crippen molar-refractivity contribution < 1.29 is 14.4 Å². The third kappa shape index (κ3) is 2.52. The SMILES string of the molecule is Cc1cc(NC(=O)N(CCO)C2CC2)no1. The second-order valence-corrected chi connectivity index (χ2v) is 3.90. The van der Waals surface area contributed by atoms with Gasteiger partial charge in [0.25, 0.3) is 0 Å². The van der Waals surface area contributed by atoms with Crippen molar-refractivity contribution >= 4 is 11.8 Å². The fourth-order valence-electron chi connectivity index (χ4n) is 1.55. The summed E-state index contributed by atoms with van der Waals surface area (Å²) in [7, 11) is 0. The van der Waals surface area contributed by atoms with Crippen molar-refractivity contribution in [2.75, 3.05) is 18.5 Å². The van der Waals surface area contributed by atoms with Crippen molar-refractivity contribution in [2.24, 2.45) is 0 Å². The van der Waals surface area contributed by atoms with Gasteiger partial charge in [-0.3, -0.25) is 5.32 Å². The Bertz CT molecular complexity index is 373. The van der Waals surface area contributed by atoms with Crippen molar-refractivity contribution in [3.05, 3.63) is 11.8 Å². The maximum atomic E-state index is 11.8. The van der Waals surface area contributed by atoms with Gasteiger partial charge in [0.15, 0.2) is 5.82 Å². The van der Waals surface area contributed by atoms with Gasteiger partial charge in [0.2, 0.25) is 0 Å². The summed E-state index contributed by atoms with van der Waals surface area (Å²) < 4.78 is 4.85. The predicted octanol–water partition coefficient (Wildman–Crippen LogP) is 0.972. The molecule has 2 N–H and O–H groups in total. The first-order valence-corrected chi connectivity index (χ1v) is 5.32. The molecule has 1 aromatic heterocycles. The summed E-state index contributed by atoms with van der Waals surface area (Å²) in [5.41, 5.74) is 0.